The highest BCUT2D eigenvalue weighted by atomic mass is 19.1. The van der Waals surface area contributed by atoms with Gasteiger partial charge in [0, 0.05) is 25.8 Å². The molecule has 6 heteroatoms. The fourth-order valence-corrected chi connectivity index (χ4v) is 3.16. The summed E-state index contributed by atoms with van der Waals surface area (Å²) in [5, 5.41) is 18.5. The molecule has 1 aliphatic heterocycles. The molecule has 0 spiro atoms. The van der Waals surface area contributed by atoms with Gasteiger partial charge in [0.05, 0.1) is 11.8 Å². The number of unbranched alkanes of at least 4 members (excludes halogenated alkanes) is 1. The van der Waals surface area contributed by atoms with E-state index >= 15 is 0 Å². The van der Waals surface area contributed by atoms with Gasteiger partial charge in [-0.05, 0) is 49.9 Å². The van der Waals surface area contributed by atoms with Gasteiger partial charge in [0.1, 0.15) is 5.82 Å². The van der Waals surface area contributed by atoms with Gasteiger partial charge < -0.3 is 10.0 Å². The molecule has 0 atom stereocenters. The van der Waals surface area contributed by atoms with Crippen LogP contribution in [0.2, 0.25) is 0 Å². The molecule has 23 heavy (non-hydrogen) atoms. The first-order chi connectivity index (χ1) is 11.2. The van der Waals surface area contributed by atoms with E-state index in [-0.39, 0.29) is 5.82 Å². The summed E-state index contributed by atoms with van der Waals surface area (Å²) in [4.78, 5) is 2.39. The Kier molecular flexibility index (Phi) is 5.03. The lowest BCUT2D eigenvalue weighted by Gasteiger charge is -2.38. The van der Waals surface area contributed by atoms with Gasteiger partial charge in [-0.15, -0.1) is 5.10 Å². The average Bonchev–Trinajstić information content (AvgIpc) is 3.07. The molecule has 0 unspecified atom stereocenters. The molecule has 5 nitrogen and oxygen atoms in total. The van der Waals surface area contributed by atoms with Crippen molar-refractivity contribution in [3.8, 4) is 0 Å². The molecule has 1 aromatic carbocycles. The van der Waals surface area contributed by atoms with Crippen LogP contribution in [-0.2, 0) is 12.1 Å². The van der Waals surface area contributed by atoms with Crippen LogP contribution in [0.15, 0.2) is 36.7 Å². The number of likely N-dealkylation sites (tertiary alicyclic amines) is 1. The van der Waals surface area contributed by atoms with Gasteiger partial charge in [-0.25, -0.2) is 4.39 Å². The van der Waals surface area contributed by atoms with Gasteiger partial charge in [0.25, 0.3) is 0 Å². The van der Waals surface area contributed by atoms with E-state index < -0.39 is 5.60 Å². The van der Waals surface area contributed by atoms with E-state index in [0.29, 0.717) is 12.8 Å². The smallest absolute Gasteiger partial charge is 0.123 e. The Labute approximate surface area is 135 Å². The van der Waals surface area contributed by atoms with Crippen molar-refractivity contribution < 1.29 is 9.50 Å². The van der Waals surface area contributed by atoms with Gasteiger partial charge in [-0.3, -0.25) is 4.68 Å². The van der Waals surface area contributed by atoms with Crippen molar-refractivity contribution in [3.63, 3.8) is 0 Å². The highest BCUT2D eigenvalue weighted by Crippen LogP contribution is 2.32. The maximum Gasteiger partial charge on any atom is 0.123 e. The number of hydrogen-bond acceptors (Lipinski definition) is 4. The molecule has 1 aliphatic rings. The molecular weight excluding hydrogens is 295 g/mol. The largest absolute Gasteiger partial charge is 0.385 e. The van der Waals surface area contributed by atoms with Crippen LogP contribution < -0.4 is 0 Å². The number of piperidine rings is 1. The Morgan fingerprint density at radius 3 is 2.43 bits per heavy atom. The fourth-order valence-electron chi connectivity index (χ4n) is 3.16. The van der Waals surface area contributed by atoms with Crippen LogP contribution in [0, 0.1) is 5.82 Å². The molecule has 2 heterocycles. The monoisotopic (exact) mass is 318 g/mol. The second-order valence-electron chi connectivity index (χ2n) is 6.25. The van der Waals surface area contributed by atoms with Crippen molar-refractivity contribution >= 4 is 0 Å². The van der Waals surface area contributed by atoms with E-state index in [4.69, 9.17) is 0 Å². The molecule has 0 aliphatic carbocycles. The first-order valence-corrected chi connectivity index (χ1v) is 8.21. The highest BCUT2D eigenvalue weighted by Gasteiger charge is 2.33. The van der Waals surface area contributed by atoms with Crippen LogP contribution in [0.3, 0.4) is 0 Å². The summed E-state index contributed by atoms with van der Waals surface area (Å²) >= 11 is 0. The Morgan fingerprint density at radius 1 is 1.09 bits per heavy atom. The maximum atomic E-state index is 13.0. The van der Waals surface area contributed by atoms with Crippen LogP contribution in [0.25, 0.3) is 0 Å². The van der Waals surface area contributed by atoms with Crippen molar-refractivity contribution in [1.29, 1.82) is 0 Å². The number of nitrogens with zero attached hydrogens (tertiary/aromatic N) is 4. The van der Waals surface area contributed by atoms with Crippen LogP contribution in [0.5, 0.6) is 0 Å². The number of halogens is 1. The topological polar surface area (TPSA) is 54.2 Å². The summed E-state index contributed by atoms with van der Waals surface area (Å²) in [6, 6.07) is 6.24. The number of hydrogen-bond donors (Lipinski definition) is 1. The van der Waals surface area contributed by atoms with E-state index in [1.807, 2.05) is 10.9 Å². The predicted molar refractivity (Wildman–Crippen MR) is 85.2 cm³/mol. The number of aliphatic hydroxyl groups is 1. The van der Waals surface area contributed by atoms with Crippen LogP contribution in [-0.4, -0.2) is 44.6 Å². The molecule has 0 bridgehead atoms. The summed E-state index contributed by atoms with van der Waals surface area (Å²) in [6.45, 7) is 3.68. The Morgan fingerprint density at radius 2 is 1.78 bits per heavy atom. The Balaban J connectivity index is 1.42. The number of benzene rings is 1. The minimum Gasteiger partial charge on any atom is -0.385 e. The third kappa shape index (κ3) is 4.14. The lowest BCUT2D eigenvalue weighted by molar-refractivity contribution is -0.0261. The van der Waals surface area contributed by atoms with Crippen molar-refractivity contribution in [2.45, 2.75) is 37.8 Å². The molecule has 1 aromatic heterocycles. The predicted octanol–water partition coefficient (Wildman–Crippen LogP) is 2.18. The lowest BCUT2D eigenvalue weighted by atomic mass is 9.84. The van der Waals surface area contributed by atoms with Crippen molar-refractivity contribution in [2.24, 2.45) is 0 Å². The fraction of sp³-hybridized carbons (Fsp3) is 0.529. The minimum absolute atomic E-state index is 0.262. The molecule has 3 rings (SSSR count). The molecular formula is C17H23FN4O. The van der Waals surface area contributed by atoms with Gasteiger partial charge in [-0.1, -0.05) is 17.3 Å². The van der Waals surface area contributed by atoms with Crippen LogP contribution >= 0.6 is 0 Å². The Hall–Kier alpha value is -1.79. The standard InChI is InChI=1S/C17H23FN4O/c18-16-5-3-15(4-6-16)17(23)7-12-21(13-8-17)10-1-2-11-22-14-9-19-20-22/h3-6,9,14,23H,1-2,7-8,10-13H2. The molecule has 1 fully saturated rings. The summed E-state index contributed by atoms with van der Waals surface area (Å²) in [5.74, 6) is -0.262. The quantitative estimate of drug-likeness (QED) is 0.830. The number of rotatable bonds is 6. The molecule has 0 amide bonds. The van der Waals surface area contributed by atoms with E-state index in [0.717, 1.165) is 44.6 Å². The molecule has 2 aromatic rings. The van der Waals surface area contributed by atoms with Gasteiger partial charge in [0.15, 0.2) is 0 Å². The summed E-state index contributed by atoms with van der Waals surface area (Å²) in [5.41, 5.74) is 0.00927. The van der Waals surface area contributed by atoms with Crippen molar-refractivity contribution in [1.82, 2.24) is 19.9 Å². The summed E-state index contributed by atoms with van der Waals surface area (Å²) in [7, 11) is 0. The summed E-state index contributed by atoms with van der Waals surface area (Å²) < 4.78 is 14.9. The van der Waals surface area contributed by atoms with Gasteiger partial charge >= 0.3 is 0 Å². The molecule has 0 radical (unpaired) electrons. The second kappa shape index (κ2) is 7.19. The SMILES string of the molecule is OC1(c2ccc(F)cc2)CCN(CCCCn2ccnn2)CC1. The van der Waals surface area contributed by atoms with Crippen LogP contribution in [0.4, 0.5) is 4.39 Å². The molecule has 0 saturated carbocycles. The Bertz CT molecular complexity index is 592. The van der Waals surface area contributed by atoms with E-state index in [1.54, 1.807) is 18.3 Å². The van der Waals surface area contributed by atoms with Crippen molar-refractivity contribution in [3.05, 3.63) is 48.0 Å². The zero-order valence-corrected chi connectivity index (χ0v) is 13.2. The third-order valence-corrected chi connectivity index (χ3v) is 4.65. The van der Waals surface area contributed by atoms with Crippen molar-refractivity contribution in [2.75, 3.05) is 19.6 Å². The number of aryl methyl sites for hydroxylation is 1. The van der Waals surface area contributed by atoms with Gasteiger partial charge in [0.2, 0.25) is 0 Å². The highest BCUT2D eigenvalue weighted by molar-refractivity contribution is 5.23. The lowest BCUT2D eigenvalue weighted by Crippen LogP contribution is -2.42. The zero-order valence-electron chi connectivity index (χ0n) is 13.2. The summed E-state index contributed by atoms with van der Waals surface area (Å²) in [6.07, 6.45) is 7.14. The minimum atomic E-state index is -0.815. The van der Waals surface area contributed by atoms with E-state index in [9.17, 15) is 9.50 Å². The zero-order chi connectivity index (χ0) is 16.1. The van der Waals surface area contributed by atoms with E-state index in [2.05, 4.69) is 15.2 Å². The van der Waals surface area contributed by atoms with Gasteiger partial charge in [-0.2, -0.15) is 0 Å². The third-order valence-electron chi connectivity index (χ3n) is 4.65. The normalized spacial score (nSPS) is 18.2. The van der Waals surface area contributed by atoms with E-state index in [1.165, 1.54) is 12.1 Å². The molecule has 124 valence electrons. The second-order valence-corrected chi connectivity index (χ2v) is 6.25. The van der Waals surface area contributed by atoms with Crippen LogP contribution in [0.1, 0.15) is 31.2 Å². The molecule has 1 N–H and O–H groups in total. The maximum absolute atomic E-state index is 13.0. The first-order valence-electron chi connectivity index (χ1n) is 8.21. The molecule has 1 saturated heterocycles. The average molecular weight is 318 g/mol. The first kappa shape index (κ1) is 16.1. The number of aromatic nitrogens is 3.